The van der Waals surface area contributed by atoms with Gasteiger partial charge < -0.3 is 0 Å². The largest absolute Gasteiger partial charge is 0.213 e. The second-order valence-electron chi connectivity index (χ2n) is 10.3. The van der Waals surface area contributed by atoms with Crippen molar-refractivity contribution in [3.8, 4) is 33.6 Å². The van der Waals surface area contributed by atoms with E-state index in [2.05, 4.69) is 144 Å². The van der Waals surface area contributed by atoms with Crippen LogP contribution < -0.4 is 9.13 Å². The van der Waals surface area contributed by atoms with Crippen molar-refractivity contribution in [2.24, 2.45) is 0 Å². The van der Waals surface area contributed by atoms with Gasteiger partial charge in [0.2, 0.25) is 11.4 Å². The Morgan fingerprint density at radius 2 is 1.49 bits per heavy atom. The lowest BCUT2D eigenvalue weighted by Crippen LogP contribution is -2.52. The first kappa shape index (κ1) is 21.9. The van der Waals surface area contributed by atoms with Gasteiger partial charge in [0.1, 0.15) is 5.92 Å². The number of nitrogens with zero attached hydrogens (tertiary/aromatic N) is 2. The predicted octanol–water partition coefficient (Wildman–Crippen LogP) is 7.39. The van der Waals surface area contributed by atoms with Crippen LogP contribution in [0.3, 0.4) is 0 Å². The second kappa shape index (κ2) is 8.67. The fraction of sp³-hybridized carbons (Fsp3) is 0.143. The van der Waals surface area contributed by atoms with Crippen LogP contribution in [0.25, 0.3) is 33.6 Å². The van der Waals surface area contributed by atoms with Gasteiger partial charge in [-0.1, -0.05) is 66.7 Å². The molecule has 0 bridgehead atoms. The summed E-state index contributed by atoms with van der Waals surface area (Å²) in [6.45, 7) is 6.36. The molecule has 3 aromatic carbocycles. The number of pyridine rings is 2. The highest BCUT2D eigenvalue weighted by Gasteiger charge is 2.51. The summed E-state index contributed by atoms with van der Waals surface area (Å²) in [5.41, 5.74) is 11.9. The molecule has 37 heavy (non-hydrogen) atoms. The van der Waals surface area contributed by atoms with Crippen LogP contribution in [0.1, 0.15) is 41.1 Å². The smallest absolute Gasteiger partial charge is 0.194 e. The molecule has 2 aliphatic rings. The summed E-state index contributed by atoms with van der Waals surface area (Å²) in [4.78, 5) is 0. The van der Waals surface area contributed by atoms with Gasteiger partial charge in [-0.2, -0.15) is 9.13 Å². The maximum Gasteiger partial charge on any atom is 0.213 e. The Labute approximate surface area is 218 Å². The van der Waals surface area contributed by atoms with Crippen LogP contribution in [0.5, 0.6) is 0 Å². The van der Waals surface area contributed by atoms with Crippen LogP contribution in [0, 0.1) is 6.92 Å². The zero-order valence-electron chi connectivity index (χ0n) is 21.1. The molecule has 2 aliphatic heterocycles. The molecule has 7 rings (SSSR count). The Morgan fingerprint density at radius 1 is 0.676 bits per heavy atom. The highest BCUT2D eigenvalue weighted by Crippen LogP contribution is 2.50. The van der Waals surface area contributed by atoms with E-state index in [0.717, 1.165) is 6.42 Å². The molecule has 2 nitrogen and oxygen atoms in total. The lowest BCUT2D eigenvalue weighted by molar-refractivity contribution is -0.746. The zero-order valence-corrected chi connectivity index (χ0v) is 21.1. The van der Waals surface area contributed by atoms with Crippen molar-refractivity contribution in [1.82, 2.24) is 0 Å². The van der Waals surface area contributed by atoms with Crippen molar-refractivity contribution in [1.29, 1.82) is 0 Å². The van der Waals surface area contributed by atoms with Crippen molar-refractivity contribution in [2.45, 2.75) is 31.3 Å². The molecule has 2 aromatic heterocycles. The standard InChI is InChI=1S/C35H30N2/c1-3-11-32-34(28-15-8-7-14-27(28)31-16-9-10-20-36(31)32)35-29-18-17-26(25-12-5-4-6-13-25)23-30(29)33-22-24(2)19-21-37(33)35/h3-10,12-23,32,34-35H,1,11H2,2H3/q+2. The number of hydrogen-bond donors (Lipinski definition) is 0. The number of aryl methyl sites for hydroxylation is 1. The molecule has 4 heterocycles. The number of hydrogen-bond acceptors (Lipinski definition) is 0. The van der Waals surface area contributed by atoms with Gasteiger partial charge in [-0.3, -0.25) is 0 Å². The number of aromatic nitrogens is 2. The van der Waals surface area contributed by atoms with Gasteiger partial charge in [-0.15, -0.1) is 6.58 Å². The summed E-state index contributed by atoms with van der Waals surface area (Å²) in [5, 5.41) is 0. The molecule has 0 aliphatic carbocycles. The van der Waals surface area contributed by atoms with E-state index in [4.69, 9.17) is 0 Å². The normalized spacial score (nSPS) is 18.9. The molecule has 3 unspecified atom stereocenters. The summed E-state index contributed by atoms with van der Waals surface area (Å²) in [5.74, 6) is 0.268. The first-order valence-electron chi connectivity index (χ1n) is 13.2. The molecular formula is C35H30N2+2. The minimum Gasteiger partial charge on any atom is -0.194 e. The predicted molar refractivity (Wildman–Crippen MR) is 149 cm³/mol. The third-order valence-electron chi connectivity index (χ3n) is 8.20. The van der Waals surface area contributed by atoms with Gasteiger partial charge in [0.15, 0.2) is 24.5 Å². The van der Waals surface area contributed by atoms with E-state index >= 15 is 0 Å². The van der Waals surface area contributed by atoms with Crippen molar-refractivity contribution >= 4 is 0 Å². The van der Waals surface area contributed by atoms with Crippen molar-refractivity contribution < 1.29 is 9.13 Å². The first-order valence-corrected chi connectivity index (χ1v) is 13.2. The van der Waals surface area contributed by atoms with Crippen LogP contribution in [-0.4, -0.2) is 0 Å². The second-order valence-corrected chi connectivity index (χ2v) is 10.3. The molecule has 0 amide bonds. The van der Waals surface area contributed by atoms with E-state index in [1.807, 2.05) is 0 Å². The lowest BCUT2D eigenvalue weighted by Gasteiger charge is -2.31. The molecule has 0 fully saturated rings. The Bertz CT molecular complexity index is 1650. The van der Waals surface area contributed by atoms with Gasteiger partial charge in [0, 0.05) is 36.2 Å². The molecule has 2 heteroatoms. The summed E-state index contributed by atoms with van der Waals surface area (Å²) in [7, 11) is 0. The van der Waals surface area contributed by atoms with Gasteiger partial charge in [-0.05, 0) is 47.4 Å². The third kappa shape index (κ3) is 3.40. The maximum absolute atomic E-state index is 4.17. The van der Waals surface area contributed by atoms with Gasteiger partial charge >= 0.3 is 0 Å². The average Bonchev–Trinajstić information content (AvgIpc) is 3.26. The van der Waals surface area contributed by atoms with E-state index in [9.17, 15) is 0 Å². The maximum atomic E-state index is 4.17. The fourth-order valence-corrected chi connectivity index (χ4v) is 6.62. The number of allylic oxidation sites excluding steroid dienone is 1. The average molecular weight is 479 g/mol. The van der Waals surface area contributed by atoms with E-state index < -0.39 is 0 Å². The van der Waals surface area contributed by atoms with Crippen LogP contribution in [-0.2, 0) is 0 Å². The summed E-state index contributed by atoms with van der Waals surface area (Å²) >= 11 is 0. The SMILES string of the molecule is C=CCC1C(C2c3ccc(-c4ccccc4)cc3-c3cc(C)cc[n+]32)c2ccccc2-c2cccc[n+]21. The monoisotopic (exact) mass is 478 g/mol. The fourth-order valence-electron chi connectivity index (χ4n) is 6.62. The molecule has 0 N–H and O–H groups in total. The molecule has 5 aromatic rings. The molecule has 0 radical (unpaired) electrons. The van der Waals surface area contributed by atoms with Crippen LogP contribution in [0.4, 0.5) is 0 Å². The van der Waals surface area contributed by atoms with E-state index in [0.29, 0.717) is 0 Å². The van der Waals surface area contributed by atoms with Crippen LogP contribution in [0.15, 0.2) is 128 Å². The molecule has 0 saturated carbocycles. The summed E-state index contributed by atoms with van der Waals surface area (Å²) < 4.78 is 5.01. The minimum absolute atomic E-state index is 0.197. The van der Waals surface area contributed by atoms with Gasteiger partial charge in [-0.25, -0.2) is 0 Å². The van der Waals surface area contributed by atoms with Crippen LogP contribution >= 0.6 is 0 Å². The van der Waals surface area contributed by atoms with Crippen LogP contribution in [0.2, 0.25) is 0 Å². The highest BCUT2D eigenvalue weighted by molar-refractivity contribution is 5.75. The van der Waals surface area contributed by atoms with Crippen molar-refractivity contribution in [2.75, 3.05) is 0 Å². The van der Waals surface area contributed by atoms with Crippen molar-refractivity contribution in [3.05, 3.63) is 145 Å². The van der Waals surface area contributed by atoms with E-state index in [1.54, 1.807) is 0 Å². The Balaban J connectivity index is 1.48. The number of fused-ring (bicyclic) bond motifs is 6. The first-order chi connectivity index (χ1) is 18.2. The number of rotatable bonds is 4. The molecular weight excluding hydrogens is 448 g/mol. The summed E-state index contributed by atoms with van der Waals surface area (Å²) in [6.07, 6.45) is 7.55. The Kier molecular flexibility index (Phi) is 5.14. The summed E-state index contributed by atoms with van der Waals surface area (Å²) in [6, 6.07) is 38.4. The minimum atomic E-state index is 0.197. The van der Waals surface area contributed by atoms with Crippen molar-refractivity contribution in [3.63, 3.8) is 0 Å². The van der Waals surface area contributed by atoms with Gasteiger partial charge in [0.05, 0.1) is 11.1 Å². The highest BCUT2D eigenvalue weighted by atomic mass is 15.1. The Morgan fingerprint density at radius 3 is 2.35 bits per heavy atom. The van der Waals surface area contributed by atoms with E-state index in [-0.39, 0.29) is 18.0 Å². The molecule has 0 saturated heterocycles. The molecule has 178 valence electrons. The molecule has 0 spiro atoms. The Hall–Kier alpha value is -4.30. The molecule has 3 atom stereocenters. The quantitative estimate of drug-likeness (QED) is 0.188. The number of benzene rings is 3. The zero-order chi connectivity index (χ0) is 24.9. The third-order valence-corrected chi connectivity index (χ3v) is 8.20. The van der Waals surface area contributed by atoms with E-state index in [1.165, 1.54) is 50.3 Å². The van der Waals surface area contributed by atoms with Gasteiger partial charge in [0.25, 0.3) is 0 Å². The lowest BCUT2D eigenvalue weighted by atomic mass is 9.75. The topological polar surface area (TPSA) is 7.76 Å².